The second-order valence-electron chi connectivity index (χ2n) is 7.59. The first-order chi connectivity index (χ1) is 12.8. The van der Waals surface area contributed by atoms with E-state index in [4.69, 9.17) is 4.74 Å². The lowest BCUT2D eigenvalue weighted by Crippen LogP contribution is -2.49. The highest BCUT2D eigenvalue weighted by atomic mass is 16.5. The Bertz CT molecular complexity index is 694. The summed E-state index contributed by atoms with van der Waals surface area (Å²) >= 11 is 0. The summed E-state index contributed by atoms with van der Waals surface area (Å²) < 4.78 is 7.44. The fourth-order valence-electron chi connectivity index (χ4n) is 4.20. The molecule has 5 heteroatoms. The lowest BCUT2D eigenvalue weighted by Gasteiger charge is -2.40. The van der Waals surface area contributed by atoms with Gasteiger partial charge >= 0.3 is 0 Å². The van der Waals surface area contributed by atoms with Crippen LogP contribution in [0, 0.1) is 6.92 Å². The number of aryl methyl sites for hydroxylation is 1. The van der Waals surface area contributed by atoms with Crippen LogP contribution in [-0.2, 0) is 11.3 Å². The fourth-order valence-corrected chi connectivity index (χ4v) is 4.20. The molecule has 0 saturated carbocycles. The number of nitrogens with zero attached hydrogens (tertiary/aromatic N) is 4. The molecule has 2 fully saturated rings. The Morgan fingerprint density at radius 2 is 2.04 bits per heavy atom. The van der Waals surface area contributed by atoms with Gasteiger partial charge in [-0.15, -0.1) is 0 Å². The molecule has 140 valence electrons. The molecule has 2 saturated heterocycles. The molecule has 3 heterocycles. The van der Waals surface area contributed by atoms with Gasteiger partial charge in [0.05, 0.1) is 18.9 Å². The van der Waals surface area contributed by atoms with Crippen molar-refractivity contribution in [3.63, 3.8) is 0 Å². The molecule has 0 bridgehead atoms. The molecular formula is C21H30N4O. The number of hydrogen-bond donors (Lipinski definition) is 0. The number of hydrogen-bond acceptors (Lipinski definition) is 4. The van der Waals surface area contributed by atoms with Gasteiger partial charge in [-0.1, -0.05) is 12.5 Å². The maximum Gasteiger partial charge on any atom is 0.0648 e. The molecule has 26 heavy (non-hydrogen) atoms. The summed E-state index contributed by atoms with van der Waals surface area (Å²) in [5, 5.41) is 4.34. The van der Waals surface area contributed by atoms with Gasteiger partial charge in [-0.2, -0.15) is 5.10 Å². The Labute approximate surface area is 156 Å². The molecule has 0 aliphatic carbocycles. The van der Waals surface area contributed by atoms with E-state index in [0.29, 0.717) is 6.04 Å². The molecule has 2 aliphatic heterocycles. The minimum Gasteiger partial charge on any atom is -0.379 e. The van der Waals surface area contributed by atoms with Gasteiger partial charge in [0.2, 0.25) is 0 Å². The zero-order chi connectivity index (χ0) is 17.8. The number of rotatable bonds is 5. The monoisotopic (exact) mass is 354 g/mol. The normalized spacial score (nSPS) is 22.6. The summed E-state index contributed by atoms with van der Waals surface area (Å²) in [6.45, 7) is 9.64. The third-order valence-corrected chi connectivity index (χ3v) is 5.79. The van der Waals surface area contributed by atoms with Crippen molar-refractivity contribution in [1.29, 1.82) is 0 Å². The Kier molecular flexibility index (Phi) is 5.68. The molecule has 1 aromatic heterocycles. The third kappa shape index (κ3) is 4.17. The summed E-state index contributed by atoms with van der Waals surface area (Å²) in [4.78, 5) is 5.29. The Balaban J connectivity index is 1.44. The van der Waals surface area contributed by atoms with Gasteiger partial charge in [-0.05, 0) is 55.6 Å². The van der Waals surface area contributed by atoms with Gasteiger partial charge < -0.3 is 4.74 Å². The minimum absolute atomic E-state index is 0.673. The van der Waals surface area contributed by atoms with Crippen LogP contribution in [0.5, 0.6) is 0 Å². The van der Waals surface area contributed by atoms with Crippen LogP contribution in [0.4, 0.5) is 0 Å². The first kappa shape index (κ1) is 17.7. The highest BCUT2D eigenvalue weighted by Crippen LogP contribution is 2.23. The number of ether oxygens (including phenoxy) is 1. The zero-order valence-electron chi connectivity index (χ0n) is 15.8. The SMILES string of the molecule is Cc1cc(-n2cccn2)ccc1CN1CCCC[C@H]1CN1CCOCC1. The van der Waals surface area contributed by atoms with E-state index < -0.39 is 0 Å². The average molecular weight is 354 g/mol. The molecule has 5 nitrogen and oxygen atoms in total. The van der Waals surface area contributed by atoms with E-state index in [0.717, 1.165) is 38.5 Å². The van der Waals surface area contributed by atoms with Crippen molar-refractivity contribution < 1.29 is 4.74 Å². The fraction of sp³-hybridized carbons (Fsp3) is 0.571. The van der Waals surface area contributed by atoms with E-state index >= 15 is 0 Å². The molecule has 1 aromatic carbocycles. The standard InChI is InChI=1S/C21H30N4O/c1-18-15-20(25-10-4-8-22-25)7-6-19(18)16-24-9-3-2-5-21(24)17-23-11-13-26-14-12-23/h4,6-8,10,15,21H,2-3,5,9,11-14,16-17H2,1H3/t21-/m0/s1. The van der Waals surface area contributed by atoms with Gasteiger partial charge in [0.25, 0.3) is 0 Å². The van der Waals surface area contributed by atoms with Crippen molar-refractivity contribution in [3.05, 3.63) is 47.8 Å². The van der Waals surface area contributed by atoms with Crippen molar-refractivity contribution in [1.82, 2.24) is 19.6 Å². The highest BCUT2D eigenvalue weighted by Gasteiger charge is 2.25. The molecule has 0 spiro atoms. The summed E-state index contributed by atoms with van der Waals surface area (Å²) in [7, 11) is 0. The van der Waals surface area contributed by atoms with E-state index in [9.17, 15) is 0 Å². The van der Waals surface area contributed by atoms with Crippen LogP contribution in [0.25, 0.3) is 5.69 Å². The molecule has 0 radical (unpaired) electrons. The van der Waals surface area contributed by atoms with Crippen LogP contribution in [0.3, 0.4) is 0 Å². The van der Waals surface area contributed by atoms with Crippen molar-refractivity contribution in [2.24, 2.45) is 0 Å². The smallest absolute Gasteiger partial charge is 0.0648 e. The number of morpholine rings is 1. The molecule has 2 aliphatic rings. The molecule has 4 rings (SSSR count). The second kappa shape index (κ2) is 8.33. The average Bonchev–Trinajstić information content (AvgIpc) is 3.20. The first-order valence-electron chi connectivity index (χ1n) is 9.93. The summed E-state index contributed by atoms with van der Waals surface area (Å²) in [5.74, 6) is 0. The Morgan fingerprint density at radius 3 is 2.81 bits per heavy atom. The maximum absolute atomic E-state index is 5.51. The van der Waals surface area contributed by atoms with E-state index in [1.54, 1.807) is 0 Å². The molecular weight excluding hydrogens is 324 g/mol. The first-order valence-corrected chi connectivity index (χ1v) is 9.93. The molecule has 1 atom stereocenters. The summed E-state index contributed by atoms with van der Waals surface area (Å²) in [5.41, 5.74) is 3.93. The number of benzene rings is 1. The summed E-state index contributed by atoms with van der Waals surface area (Å²) in [6, 6.07) is 9.37. The third-order valence-electron chi connectivity index (χ3n) is 5.79. The quantitative estimate of drug-likeness (QED) is 0.827. The number of aromatic nitrogens is 2. The van der Waals surface area contributed by atoms with E-state index in [-0.39, 0.29) is 0 Å². The van der Waals surface area contributed by atoms with E-state index in [2.05, 4.69) is 40.0 Å². The van der Waals surface area contributed by atoms with E-state index in [1.165, 1.54) is 43.5 Å². The van der Waals surface area contributed by atoms with Crippen LogP contribution >= 0.6 is 0 Å². The number of piperidine rings is 1. The lowest BCUT2D eigenvalue weighted by atomic mass is 9.99. The van der Waals surface area contributed by atoms with Crippen LogP contribution < -0.4 is 0 Å². The van der Waals surface area contributed by atoms with Crippen molar-refractivity contribution in [2.45, 2.75) is 38.8 Å². The molecule has 2 aromatic rings. The molecule has 0 N–H and O–H groups in total. The van der Waals surface area contributed by atoms with Crippen molar-refractivity contribution in [3.8, 4) is 5.69 Å². The van der Waals surface area contributed by atoms with E-state index in [1.807, 2.05) is 23.1 Å². The van der Waals surface area contributed by atoms with Crippen LogP contribution in [0.2, 0.25) is 0 Å². The highest BCUT2D eigenvalue weighted by molar-refractivity contribution is 5.39. The predicted molar refractivity (Wildman–Crippen MR) is 104 cm³/mol. The zero-order valence-corrected chi connectivity index (χ0v) is 15.8. The lowest BCUT2D eigenvalue weighted by molar-refractivity contribution is 0.0153. The Hall–Kier alpha value is -1.69. The van der Waals surface area contributed by atoms with Crippen LogP contribution in [0.15, 0.2) is 36.7 Å². The molecule has 0 amide bonds. The predicted octanol–water partition coefficient (Wildman–Crippen LogP) is 2.87. The van der Waals surface area contributed by atoms with Crippen molar-refractivity contribution >= 4 is 0 Å². The van der Waals surface area contributed by atoms with Crippen LogP contribution in [0.1, 0.15) is 30.4 Å². The van der Waals surface area contributed by atoms with Crippen molar-refractivity contribution in [2.75, 3.05) is 39.4 Å². The topological polar surface area (TPSA) is 33.5 Å². The minimum atomic E-state index is 0.673. The van der Waals surface area contributed by atoms with Gasteiger partial charge in [0.1, 0.15) is 0 Å². The maximum atomic E-state index is 5.51. The van der Waals surface area contributed by atoms with Gasteiger partial charge in [-0.25, -0.2) is 4.68 Å². The largest absolute Gasteiger partial charge is 0.379 e. The van der Waals surface area contributed by atoms with Crippen LogP contribution in [-0.4, -0.2) is 65.0 Å². The molecule has 0 unspecified atom stereocenters. The van der Waals surface area contributed by atoms with Gasteiger partial charge in [-0.3, -0.25) is 9.80 Å². The van der Waals surface area contributed by atoms with Gasteiger partial charge in [0.15, 0.2) is 0 Å². The number of likely N-dealkylation sites (tertiary alicyclic amines) is 1. The van der Waals surface area contributed by atoms with Gasteiger partial charge in [0, 0.05) is 44.6 Å². The second-order valence-corrected chi connectivity index (χ2v) is 7.59. The summed E-state index contributed by atoms with van der Waals surface area (Å²) in [6.07, 6.45) is 7.83. The Morgan fingerprint density at radius 1 is 1.15 bits per heavy atom.